The molecule has 1 amide bonds. The number of carbonyl (C=O) groups is 1. The third-order valence-electron chi connectivity index (χ3n) is 3.92. The first-order valence-corrected chi connectivity index (χ1v) is 7.56. The summed E-state index contributed by atoms with van der Waals surface area (Å²) < 4.78 is 5.90. The Bertz CT molecular complexity index is 826. The Balaban J connectivity index is 0.00000192. The maximum atomic E-state index is 12.3. The number of fused-ring (bicyclic) bond motifs is 3. The third kappa shape index (κ3) is 3.33. The normalized spacial score (nSPS) is 10.7. The minimum Gasteiger partial charge on any atom is -0.450 e. The van der Waals surface area contributed by atoms with Gasteiger partial charge in [0.05, 0.1) is 0 Å². The van der Waals surface area contributed by atoms with Crippen molar-refractivity contribution >= 4 is 40.1 Å². The average Bonchev–Trinajstić information content (AvgIpc) is 2.89. The van der Waals surface area contributed by atoms with Gasteiger partial charge in [-0.15, -0.1) is 12.4 Å². The van der Waals surface area contributed by atoms with Gasteiger partial charge < -0.3 is 15.1 Å². The molecular weight excluding hydrogens is 312 g/mol. The van der Waals surface area contributed by atoms with Crippen LogP contribution in [0.1, 0.15) is 22.5 Å². The molecule has 23 heavy (non-hydrogen) atoms. The molecule has 122 valence electrons. The number of hydrogen-bond acceptors (Lipinski definition) is 3. The Morgan fingerprint density at radius 2 is 1.87 bits per heavy atom. The first kappa shape index (κ1) is 17.3. The standard InChI is InChI=1S/C18H20N2O2.ClH/c1-12-14-9-8-13-6-3-4-7-15(13)17(14)22-16(12)18(21)20-11-5-10-19-2;/h3-4,6-9,19H,5,10-11H2,1-2H3,(H,20,21);1H. The second-order valence-corrected chi connectivity index (χ2v) is 5.43. The smallest absolute Gasteiger partial charge is 0.287 e. The zero-order chi connectivity index (χ0) is 15.5. The summed E-state index contributed by atoms with van der Waals surface area (Å²) in [6.07, 6.45) is 0.893. The summed E-state index contributed by atoms with van der Waals surface area (Å²) in [4.78, 5) is 12.3. The summed E-state index contributed by atoms with van der Waals surface area (Å²) in [5, 5.41) is 9.12. The summed E-state index contributed by atoms with van der Waals surface area (Å²) >= 11 is 0. The zero-order valence-electron chi connectivity index (χ0n) is 13.3. The molecule has 0 radical (unpaired) electrons. The lowest BCUT2D eigenvalue weighted by Crippen LogP contribution is -2.26. The van der Waals surface area contributed by atoms with E-state index >= 15 is 0 Å². The highest BCUT2D eigenvalue weighted by Crippen LogP contribution is 2.31. The lowest BCUT2D eigenvalue weighted by Gasteiger charge is -2.03. The third-order valence-corrected chi connectivity index (χ3v) is 3.92. The molecule has 1 heterocycles. The minimum atomic E-state index is -0.145. The molecule has 0 bridgehead atoms. The Morgan fingerprint density at radius 3 is 2.65 bits per heavy atom. The number of benzene rings is 2. The Hall–Kier alpha value is -2.04. The fraction of sp³-hybridized carbons (Fsp3) is 0.278. The number of carbonyl (C=O) groups excluding carboxylic acids is 1. The van der Waals surface area contributed by atoms with Gasteiger partial charge in [0.2, 0.25) is 0 Å². The number of aryl methyl sites for hydroxylation is 1. The van der Waals surface area contributed by atoms with Crippen molar-refractivity contribution in [1.29, 1.82) is 0 Å². The van der Waals surface area contributed by atoms with Crippen LogP contribution in [0.5, 0.6) is 0 Å². The van der Waals surface area contributed by atoms with Crippen LogP contribution in [-0.2, 0) is 0 Å². The van der Waals surface area contributed by atoms with Crippen molar-refractivity contribution in [2.75, 3.05) is 20.1 Å². The van der Waals surface area contributed by atoms with Crippen LogP contribution in [0.25, 0.3) is 21.7 Å². The van der Waals surface area contributed by atoms with Gasteiger partial charge in [-0.2, -0.15) is 0 Å². The van der Waals surface area contributed by atoms with E-state index in [4.69, 9.17) is 4.42 Å². The van der Waals surface area contributed by atoms with Gasteiger partial charge in [0.25, 0.3) is 5.91 Å². The highest BCUT2D eigenvalue weighted by molar-refractivity contribution is 6.08. The van der Waals surface area contributed by atoms with Crippen LogP contribution in [0.3, 0.4) is 0 Å². The summed E-state index contributed by atoms with van der Waals surface area (Å²) in [5.41, 5.74) is 1.68. The molecular formula is C18H21ClN2O2. The molecule has 3 aromatic rings. The van der Waals surface area contributed by atoms with Gasteiger partial charge in [0.15, 0.2) is 5.76 Å². The first-order valence-electron chi connectivity index (χ1n) is 7.56. The highest BCUT2D eigenvalue weighted by Gasteiger charge is 2.18. The van der Waals surface area contributed by atoms with Crippen molar-refractivity contribution in [3.63, 3.8) is 0 Å². The molecule has 0 aliphatic heterocycles. The fourth-order valence-electron chi connectivity index (χ4n) is 2.71. The molecule has 2 N–H and O–H groups in total. The molecule has 0 atom stereocenters. The second kappa shape index (κ2) is 7.49. The molecule has 0 aliphatic rings. The van der Waals surface area contributed by atoms with E-state index in [0.29, 0.717) is 12.3 Å². The van der Waals surface area contributed by atoms with Crippen LogP contribution < -0.4 is 10.6 Å². The molecule has 2 aromatic carbocycles. The number of nitrogens with one attached hydrogen (secondary N) is 2. The van der Waals surface area contributed by atoms with Gasteiger partial charge in [0.1, 0.15) is 5.58 Å². The van der Waals surface area contributed by atoms with E-state index in [9.17, 15) is 4.79 Å². The van der Waals surface area contributed by atoms with Crippen molar-refractivity contribution in [2.45, 2.75) is 13.3 Å². The Kier molecular flexibility index (Phi) is 5.64. The molecule has 0 saturated heterocycles. The number of halogens is 1. The number of furan rings is 1. The zero-order valence-corrected chi connectivity index (χ0v) is 14.1. The molecule has 0 aliphatic carbocycles. The quantitative estimate of drug-likeness (QED) is 0.701. The van der Waals surface area contributed by atoms with Crippen LogP contribution in [-0.4, -0.2) is 26.0 Å². The maximum Gasteiger partial charge on any atom is 0.287 e. The summed E-state index contributed by atoms with van der Waals surface area (Å²) in [7, 11) is 1.90. The minimum absolute atomic E-state index is 0. The Labute approximate surface area is 141 Å². The molecule has 4 nitrogen and oxygen atoms in total. The van der Waals surface area contributed by atoms with Crippen LogP contribution in [0.2, 0.25) is 0 Å². The molecule has 5 heteroatoms. The largest absolute Gasteiger partial charge is 0.450 e. The molecule has 1 aromatic heterocycles. The molecule has 0 fully saturated rings. The van der Waals surface area contributed by atoms with E-state index < -0.39 is 0 Å². The van der Waals surface area contributed by atoms with Crippen molar-refractivity contribution in [3.8, 4) is 0 Å². The van der Waals surface area contributed by atoms with Crippen molar-refractivity contribution < 1.29 is 9.21 Å². The van der Waals surface area contributed by atoms with Crippen LogP contribution in [0, 0.1) is 6.92 Å². The monoisotopic (exact) mass is 332 g/mol. The average molecular weight is 333 g/mol. The van der Waals surface area contributed by atoms with Gasteiger partial charge in [-0.05, 0) is 32.3 Å². The van der Waals surface area contributed by atoms with Gasteiger partial charge in [-0.3, -0.25) is 4.79 Å². The van der Waals surface area contributed by atoms with Gasteiger partial charge in [0, 0.05) is 22.9 Å². The van der Waals surface area contributed by atoms with E-state index in [2.05, 4.69) is 16.7 Å². The van der Waals surface area contributed by atoms with Crippen LogP contribution in [0.4, 0.5) is 0 Å². The van der Waals surface area contributed by atoms with Gasteiger partial charge >= 0.3 is 0 Å². The molecule has 3 rings (SSSR count). The van der Waals surface area contributed by atoms with E-state index in [1.165, 1.54) is 0 Å². The molecule has 0 unspecified atom stereocenters. The summed E-state index contributed by atoms with van der Waals surface area (Å²) in [6.45, 7) is 3.45. The maximum absolute atomic E-state index is 12.3. The van der Waals surface area contributed by atoms with E-state index in [-0.39, 0.29) is 18.3 Å². The molecule has 0 saturated carbocycles. The predicted molar refractivity (Wildman–Crippen MR) is 96.6 cm³/mol. The van der Waals surface area contributed by atoms with Crippen molar-refractivity contribution in [1.82, 2.24) is 10.6 Å². The lowest BCUT2D eigenvalue weighted by molar-refractivity contribution is 0.0927. The van der Waals surface area contributed by atoms with Crippen LogP contribution in [0.15, 0.2) is 40.8 Å². The second-order valence-electron chi connectivity index (χ2n) is 5.43. The topological polar surface area (TPSA) is 54.3 Å². The van der Waals surface area contributed by atoms with Crippen LogP contribution >= 0.6 is 12.4 Å². The SMILES string of the molecule is CNCCCNC(=O)c1oc2c(ccc3ccccc32)c1C.Cl. The first-order chi connectivity index (χ1) is 10.7. The number of hydrogen-bond donors (Lipinski definition) is 2. The highest BCUT2D eigenvalue weighted by atomic mass is 35.5. The van der Waals surface area contributed by atoms with E-state index in [1.54, 1.807) is 0 Å². The predicted octanol–water partition coefficient (Wildman–Crippen LogP) is 3.66. The molecule has 0 spiro atoms. The summed E-state index contributed by atoms with van der Waals surface area (Å²) in [5.74, 6) is 0.268. The number of rotatable bonds is 5. The van der Waals surface area contributed by atoms with Crippen molar-refractivity contribution in [2.24, 2.45) is 0 Å². The number of amides is 1. The fourth-order valence-corrected chi connectivity index (χ4v) is 2.71. The lowest BCUT2D eigenvalue weighted by atomic mass is 10.1. The Morgan fingerprint density at radius 1 is 1.09 bits per heavy atom. The summed E-state index contributed by atoms with van der Waals surface area (Å²) in [6, 6.07) is 12.1. The van der Waals surface area contributed by atoms with E-state index in [1.807, 2.05) is 44.3 Å². The van der Waals surface area contributed by atoms with Gasteiger partial charge in [-0.1, -0.05) is 36.4 Å². The van der Waals surface area contributed by atoms with Gasteiger partial charge in [-0.25, -0.2) is 0 Å². The van der Waals surface area contributed by atoms with Crippen molar-refractivity contribution in [3.05, 3.63) is 47.7 Å². The van der Waals surface area contributed by atoms with E-state index in [0.717, 1.165) is 40.3 Å².